The van der Waals surface area contributed by atoms with Crippen molar-refractivity contribution in [3.05, 3.63) is 35.4 Å². The first-order valence-corrected chi connectivity index (χ1v) is 6.90. The highest BCUT2D eigenvalue weighted by Gasteiger charge is 2.40. The van der Waals surface area contributed by atoms with E-state index in [1.165, 1.54) is 0 Å². The molecule has 0 aromatic heterocycles. The van der Waals surface area contributed by atoms with Crippen molar-refractivity contribution >= 4 is 0 Å². The van der Waals surface area contributed by atoms with Crippen LogP contribution in [0.25, 0.3) is 0 Å². The number of rotatable bonds is 9. The Morgan fingerprint density at radius 1 is 1.19 bits per heavy atom. The highest BCUT2D eigenvalue weighted by molar-refractivity contribution is 5.24. The topological polar surface area (TPSA) is 21.3 Å². The van der Waals surface area contributed by atoms with Crippen molar-refractivity contribution in [3.63, 3.8) is 0 Å². The maximum Gasteiger partial charge on any atom is 0.330 e. The van der Waals surface area contributed by atoms with Gasteiger partial charge in [-0.2, -0.15) is 8.78 Å². The van der Waals surface area contributed by atoms with Gasteiger partial charge in [0.25, 0.3) is 0 Å². The van der Waals surface area contributed by atoms with E-state index in [1.807, 2.05) is 19.1 Å². The first-order valence-electron chi connectivity index (χ1n) is 6.90. The van der Waals surface area contributed by atoms with Crippen LogP contribution < -0.4 is 5.32 Å². The average molecular weight is 307 g/mol. The quantitative estimate of drug-likeness (QED) is 0.700. The van der Waals surface area contributed by atoms with Crippen molar-refractivity contribution in [2.45, 2.75) is 38.7 Å². The Kier molecular flexibility index (Phi) is 7.11. The minimum Gasteiger partial charge on any atom is -0.370 e. The second-order valence-corrected chi connectivity index (χ2v) is 5.00. The lowest BCUT2D eigenvalue weighted by Gasteiger charge is -2.16. The Morgan fingerprint density at radius 2 is 1.81 bits per heavy atom. The zero-order valence-corrected chi connectivity index (χ0v) is 12.2. The summed E-state index contributed by atoms with van der Waals surface area (Å²) in [6.07, 6.45) is -3.70. The van der Waals surface area contributed by atoms with E-state index < -0.39 is 19.0 Å². The minimum absolute atomic E-state index is 0.107. The molecule has 0 aliphatic rings. The Balaban J connectivity index is 2.44. The summed E-state index contributed by atoms with van der Waals surface area (Å²) in [4.78, 5) is 0. The molecule has 6 heteroatoms. The van der Waals surface area contributed by atoms with Gasteiger partial charge in [-0.3, -0.25) is 0 Å². The van der Waals surface area contributed by atoms with E-state index in [1.54, 1.807) is 12.1 Å². The molecule has 0 saturated carbocycles. The lowest BCUT2D eigenvalue weighted by atomic mass is 10.00. The average Bonchev–Trinajstić information content (AvgIpc) is 2.45. The molecule has 0 radical (unpaired) electrons. The van der Waals surface area contributed by atoms with E-state index in [9.17, 15) is 17.6 Å². The maximum atomic E-state index is 12.7. The molecule has 0 aliphatic carbocycles. The molecule has 1 unspecified atom stereocenters. The molecule has 120 valence electrons. The third kappa shape index (κ3) is 6.01. The molecule has 0 bridgehead atoms. The molecular weight excluding hydrogens is 286 g/mol. The summed E-state index contributed by atoms with van der Waals surface area (Å²) in [5.74, 6) is -3.76. The Hall–Kier alpha value is -1.14. The van der Waals surface area contributed by atoms with Crippen molar-refractivity contribution in [1.29, 1.82) is 0 Å². The Labute approximate surface area is 122 Å². The van der Waals surface area contributed by atoms with Crippen LogP contribution in [0.3, 0.4) is 0 Å². The Bertz CT molecular complexity index is 409. The summed E-state index contributed by atoms with van der Waals surface area (Å²) < 4.78 is 53.9. The van der Waals surface area contributed by atoms with Gasteiger partial charge in [0.15, 0.2) is 0 Å². The standard InChI is InChI=1S/C15H21F4NO/c1-3-20-8-11(2)13-6-4-12(5-7-13)9-21-10-15(18,19)14(16)17/h4-7,11,14,20H,3,8-10H2,1-2H3. The van der Waals surface area contributed by atoms with Crippen molar-refractivity contribution in [2.75, 3.05) is 19.7 Å². The largest absolute Gasteiger partial charge is 0.370 e. The van der Waals surface area contributed by atoms with Gasteiger partial charge >= 0.3 is 12.3 Å². The zero-order chi connectivity index (χ0) is 15.9. The molecule has 0 spiro atoms. The molecule has 0 amide bonds. The van der Waals surface area contributed by atoms with Crippen LogP contribution >= 0.6 is 0 Å². The zero-order valence-electron chi connectivity index (χ0n) is 12.2. The third-order valence-corrected chi connectivity index (χ3v) is 3.13. The predicted molar refractivity (Wildman–Crippen MR) is 74.0 cm³/mol. The lowest BCUT2D eigenvalue weighted by Crippen LogP contribution is -2.32. The molecule has 1 aromatic rings. The molecule has 0 fully saturated rings. The SMILES string of the molecule is CCNCC(C)c1ccc(COCC(F)(F)C(F)F)cc1. The number of ether oxygens (including phenoxy) is 1. The molecule has 1 N–H and O–H groups in total. The molecule has 1 atom stereocenters. The van der Waals surface area contributed by atoms with E-state index in [-0.39, 0.29) is 6.61 Å². The number of hydrogen-bond donors (Lipinski definition) is 1. The summed E-state index contributed by atoms with van der Waals surface area (Å²) >= 11 is 0. The smallest absolute Gasteiger partial charge is 0.330 e. The van der Waals surface area contributed by atoms with Gasteiger partial charge < -0.3 is 10.1 Å². The molecule has 2 nitrogen and oxygen atoms in total. The van der Waals surface area contributed by atoms with E-state index in [0.717, 1.165) is 18.7 Å². The molecule has 0 aliphatic heterocycles. The monoisotopic (exact) mass is 307 g/mol. The number of halogens is 4. The lowest BCUT2D eigenvalue weighted by molar-refractivity contribution is -0.168. The van der Waals surface area contributed by atoms with Crippen LogP contribution in [0.2, 0.25) is 0 Å². The number of alkyl halides is 4. The van der Waals surface area contributed by atoms with Gasteiger partial charge in [0.1, 0.15) is 6.61 Å². The predicted octanol–water partition coefficient (Wildman–Crippen LogP) is 3.82. The van der Waals surface area contributed by atoms with Crippen LogP contribution in [0.5, 0.6) is 0 Å². The highest BCUT2D eigenvalue weighted by Crippen LogP contribution is 2.23. The second-order valence-electron chi connectivity index (χ2n) is 5.00. The van der Waals surface area contributed by atoms with Crippen LogP contribution in [0.15, 0.2) is 24.3 Å². The Morgan fingerprint density at radius 3 is 2.33 bits per heavy atom. The summed E-state index contributed by atoms with van der Waals surface area (Å²) in [7, 11) is 0. The fraction of sp³-hybridized carbons (Fsp3) is 0.600. The van der Waals surface area contributed by atoms with Crippen LogP contribution in [0, 0.1) is 0 Å². The third-order valence-electron chi connectivity index (χ3n) is 3.13. The molecule has 1 rings (SSSR count). The fourth-order valence-electron chi connectivity index (χ4n) is 1.79. The number of benzene rings is 1. The van der Waals surface area contributed by atoms with Gasteiger partial charge in [-0.25, -0.2) is 8.78 Å². The fourth-order valence-corrected chi connectivity index (χ4v) is 1.79. The number of likely N-dealkylation sites (N-methyl/N-ethyl adjacent to an activating group) is 1. The van der Waals surface area contributed by atoms with E-state index in [2.05, 4.69) is 17.0 Å². The van der Waals surface area contributed by atoms with Gasteiger partial charge in [0.2, 0.25) is 0 Å². The van der Waals surface area contributed by atoms with Crippen LogP contribution in [-0.4, -0.2) is 32.0 Å². The van der Waals surface area contributed by atoms with E-state index in [0.29, 0.717) is 11.5 Å². The molecule has 1 aromatic carbocycles. The molecule has 0 heterocycles. The van der Waals surface area contributed by atoms with Crippen LogP contribution in [-0.2, 0) is 11.3 Å². The van der Waals surface area contributed by atoms with Gasteiger partial charge in [-0.15, -0.1) is 0 Å². The van der Waals surface area contributed by atoms with E-state index >= 15 is 0 Å². The van der Waals surface area contributed by atoms with Gasteiger partial charge in [0.05, 0.1) is 6.61 Å². The van der Waals surface area contributed by atoms with Crippen molar-refractivity contribution < 1.29 is 22.3 Å². The summed E-state index contributed by atoms with van der Waals surface area (Å²) in [5, 5.41) is 3.24. The number of hydrogen-bond acceptors (Lipinski definition) is 2. The van der Waals surface area contributed by atoms with E-state index in [4.69, 9.17) is 0 Å². The maximum absolute atomic E-state index is 12.7. The number of nitrogens with one attached hydrogen (secondary N) is 1. The van der Waals surface area contributed by atoms with Crippen LogP contribution in [0.4, 0.5) is 17.6 Å². The highest BCUT2D eigenvalue weighted by atomic mass is 19.3. The minimum atomic E-state index is -4.10. The van der Waals surface area contributed by atoms with Gasteiger partial charge in [-0.05, 0) is 23.6 Å². The molecular formula is C15H21F4NO. The molecule has 0 saturated heterocycles. The van der Waals surface area contributed by atoms with Crippen molar-refractivity contribution in [3.8, 4) is 0 Å². The van der Waals surface area contributed by atoms with Gasteiger partial charge in [-0.1, -0.05) is 38.1 Å². The van der Waals surface area contributed by atoms with Crippen LogP contribution in [0.1, 0.15) is 30.9 Å². The summed E-state index contributed by atoms with van der Waals surface area (Å²) in [6, 6.07) is 7.31. The van der Waals surface area contributed by atoms with Crippen molar-refractivity contribution in [2.24, 2.45) is 0 Å². The first-order chi connectivity index (χ1) is 9.86. The normalized spacial score (nSPS) is 13.7. The van der Waals surface area contributed by atoms with Gasteiger partial charge in [0, 0.05) is 6.54 Å². The van der Waals surface area contributed by atoms with Crippen molar-refractivity contribution in [1.82, 2.24) is 5.32 Å². The summed E-state index contributed by atoms with van der Waals surface area (Å²) in [5.41, 5.74) is 1.80. The molecule has 21 heavy (non-hydrogen) atoms. The summed E-state index contributed by atoms with van der Waals surface area (Å²) in [6.45, 7) is 4.48. The first kappa shape index (κ1) is 17.9. The second kappa shape index (κ2) is 8.34.